The summed E-state index contributed by atoms with van der Waals surface area (Å²) in [5.74, 6) is -0.509. The van der Waals surface area contributed by atoms with Gasteiger partial charge in [0, 0.05) is 29.2 Å². The number of aromatic nitrogens is 2. The van der Waals surface area contributed by atoms with Crippen LogP contribution in [0, 0.1) is 24.0 Å². The Kier molecular flexibility index (Phi) is 6.88. The number of methoxy groups -OCH3 is 1. The third-order valence-electron chi connectivity index (χ3n) is 6.84. The van der Waals surface area contributed by atoms with E-state index < -0.39 is 16.9 Å². The van der Waals surface area contributed by atoms with Crippen LogP contribution in [0.5, 0.6) is 0 Å². The van der Waals surface area contributed by atoms with E-state index in [4.69, 9.17) is 9.73 Å². The van der Waals surface area contributed by atoms with Crippen LogP contribution in [0.1, 0.15) is 41.9 Å². The molecule has 0 radical (unpaired) electrons. The van der Waals surface area contributed by atoms with Gasteiger partial charge < -0.3 is 9.30 Å². The Labute approximate surface area is 227 Å². The summed E-state index contributed by atoms with van der Waals surface area (Å²) in [6, 6.07) is 17.1. The van der Waals surface area contributed by atoms with Crippen LogP contribution in [-0.4, -0.2) is 27.1 Å². The van der Waals surface area contributed by atoms with Crippen molar-refractivity contribution in [3.63, 3.8) is 0 Å². The van der Waals surface area contributed by atoms with E-state index >= 15 is 0 Å². The monoisotopic (exact) mass is 542 g/mol. The van der Waals surface area contributed by atoms with Crippen LogP contribution in [0.2, 0.25) is 0 Å². The number of carbonyl (C=O) groups is 1. The molecule has 0 saturated heterocycles. The summed E-state index contributed by atoms with van der Waals surface area (Å²) < 4.78 is 9.16. The summed E-state index contributed by atoms with van der Waals surface area (Å²) >= 11 is 1.28. The van der Waals surface area contributed by atoms with Crippen molar-refractivity contribution in [2.45, 2.75) is 33.2 Å². The van der Waals surface area contributed by atoms with Gasteiger partial charge >= 0.3 is 5.97 Å². The number of allylic oxidation sites excluding steroid dienone is 1. The van der Waals surface area contributed by atoms with Crippen LogP contribution >= 0.6 is 11.3 Å². The van der Waals surface area contributed by atoms with Gasteiger partial charge in [0.1, 0.15) is 0 Å². The summed E-state index contributed by atoms with van der Waals surface area (Å²) in [5, 5.41) is 11.1. The number of nitro groups is 1. The number of benzene rings is 2. The molecule has 0 saturated carbocycles. The molecular weight excluding hydrogens is 516 g/mol. The molecule has 4 aromatic rings. The number of fused-ring (bicyclic) bond motifs is 1. The molecule has 0 N–H and O–H groups in total. The van der Waals surface area contributed by atoms with Gasteiger partial charge in [-0.1, -0.05) is 48.6 Å². The molecule has 0 aliphatic carbocycles. The lowest BCUT2D eigenvalue weighted by Crippen LogP contribution is -2.40. The molecule has 2 aromatic carbocycles. The van der Waals surface area contributed by atoms with Gasteiger partial charge in [-0.05, 0) is 55.7 Å². The molecule has 9 nitrogen and oxygen atoms in total. The van der Waals surface area contributed by atoms with Crippen LogP contribution < -0.4 is 14.9 Å². The number of hydrogen-bond donors (Lipinski definition) is 0. The van der Waals surface area contributed by atoms with Gasteiger partial charge in [-0.3, -0.25) is 19.5 Å². The number of aryl methyl sites for hydroxylation is 1. The van der Waals surface area contributed by atoms with Gasteiger partial charge in [-0.25, -0.2) is 9.79 Å². The van der Waals surface area contributed by atoms with Crippen LogP contribution in [0.4, 0.5) is 5.69 Å². The number of nitro benzene ring substituents is 1. The number of esters is 1. The van der Waals surface area contributed by atoms with E-state index in [-0.39, 0.29) is 11.2 Å². The molecule has 10 heteroatoms. The van der Waals surface area contributed by atoms with Gasteiger partial charge in [-0.15, -0.1) is 0 Å². The zero-order valence-electron chi connectivity index (χ0n) is 21.9. The summed E-state index contributed by atoms with van der Waals surface area (Å²) in [7, 11) is 1.33. The quantitative estimate of drug-likeness (QED) is 0.207. The first-order valence-electron chi connectivity index (χ1n) is 12.4. The molecule has 198 valence electrons. The Morgan fingerprint density at radius 2 is 1.85 bits per heavy atom. The smallest absolute Gasteiger partial charge is 0.338 e. The fourth-order valence-electron chi connectivity index (χ4n) is 5.01. The first-order valence-corrected chi connectivity index (χ1v) is 13.2. The highest BCUT2D eigenvalue weighted by atomic mass is 32.1. The third-order valence-corrected chi connectivity index (χ3v) is 7.82. The zero-order valence-corrected chi connectivity index (χ0v) is 22.7. The molecule has 1 aliphatic rings. The van der Waals surface area contributed by atoms with Crippen LogP contribution in [-0.2, 0) is 9.53 Å². The highest BCUT2D eigenvalue weighted by molar-refractivity contribution is 7.07. The van der Waals surface area contributed by atoms with E-state index in [0.29, 0.717) is 27.0 Å². The van der Waals surface area contributed by atoms with Crippen molar-refractivity contribution in [1.82, 2.24) is 9.13 Å². The maximum atomic E-state index is 13.9. The van der Waals surface area contributed by atoms with Crippen LogP contribution in [0.3, 0.4) is 0 Å². The predicted molar refractivity (Wildman–Crippen MR) is 149 cm³/mol. The molecule has 0 amide bonds. The SMILES string of the molecule is CCC1=C(C(=O)OC)[C@H](c2ccccc2)n2c(s/c(=C/c3cc(C)n(-c4ccc([N+](=O)[O-])cc4)c3C)c2=O)=N1. The lowest BCUT2D eigenvalue weighted by atomic mass is 9.95. The Balaban J connectivity index is 1.68. The van der Waals surface area contributed by atoms with E-state index in [1.165, 1.54) is 30.6 Å². The van der Waals surface area contributed by atoms with E-state index in [1.54, 1.807) is 16.7 Å². The molecule has 0 bridgehead atoms. The van der Waals surface area contributed by atoms with Crippen molar-refractivity contribution < 1.29 is 14.5 Å². The van der Waals surface area contributed by atoms with E-state index in [0.717, 1.165) is 28.2 Å². The molecular formula is C29H26N4O5S. The number of carbonyl (C=O) groups excluding carboxylic acids is 1. The lowest BCUT2D eigenvalue weighted by molar-refractivity contribution is -0.384. The largest absolute Gasteiger partial charge is 0.466 e. The summed E-state index contributed by atoms with van der Waals surface area (Å²) in [6.07, 6.45) is 2.35. The molecule has 0 fully saturated rings. The average Bonchev–Trinajstić information content (AvgIpc) is 3.41. The summed E-state index contributed by atoms with van der Waals surface area (Å²) in [6.45, 7) is 5.80. The lowest BCUT2D eigenvalue weighted by Gasteiger charge is -2.25. The first-order chi connectivity index (χ1) is 18.7. The standard InChI is InChI=1S/C29H26N4O5S/c1-5-23-25(28(35)38-4)26(19-9-7-6-8-10-19)32-27(34)24(39-29(32)30-23)16-20-15-17(2)31(18(20)3)21-11-13-22(14-12-21)33(36)37/h6-16,26H,5H2,1-4H3/b24-16+/t26-/m0/s1. The van der Waals surface area contributed by atoms with Crippen LogP contribution in [0.15, 0.2) is 81.7 Å². The first kappa shape index (κ1) is 26.1. The van der Waals surface area contributed by atoms with Crippen molar-refractivity contribution in [3.05, 3.63) is 124 Å². The molecule has 39 heavy (non-hydrogen) atoms. The van der Waals surface area contributed by atoms with Crippen LogP contribution in [0.25, 0.3) is 11.8 Å². The molecule has 5 rings (SSSR count). The number of non-ortho nitro benzene ring substituents is 1. The predicted octanol–water partition coefficient (Wildman–Crippen LogP) is 4.11. The van der Waals surface area contributed by atoms with Gasteiger partial charge in [-0.2, -0.15) is 0 Å². The van der Waals surface area contributed by atoms with Crippen molar-refractivity contribution >= 4 is 29.1 Å². The zero-order chi connectivity index (χ0) is 27.8. The number of rotatable bonds is 6. The Bertz CT molecular complexity index is 1810. The van der Waals surface area contributed by atoms with Gasteiger partial charge in [0.05, 0.1) is 33.9 Å². The summed E-state index contributed by atoms with van der Waals surface area (Å²) in [4.78, 5) is 42.6. The molecule has 0 spiro atoms. The number of thiazole rings is 1. The topological polar surface area (TPSA) is 109 Å². The minimum Gasteiger partial charge on any atom is -0.466 e. The Morgan fingerprint density at radius 1 is 1.15 bits per heavy atom. The minimum atomic E-state index is -0.653. The third kappa shape index (κ3) is 4.52. The Hall–Kier alpha value is -4.57. The maximum Gasteiger partial charge on any atom is 0.338 e. The fourth-order valence-corrected chi connectivity index (χ4v) is 6.02. The fraction of sp³-hybridized carbons (Fsp3) is 0.207. The van der Waals surface area contributed by atoms with Crippen molar-refractivity contribution in [3.8, 4) is 5.69 Å². The molecule has 1 atom stereocenters. The van der Waals surface area contributed by atoms with Crippen molar-refractivity contribution in [2.75, 3.05) is 7.11 Å². The molecule has 2 aromatic heterocycles. The van der Waals surface area contributed by atoms with E-state index in [9.17, 15) is 19.7 Å². The van der Waals surface area contributed by atoms with Crippen molar-refractivity contribution in [2.24, 2.45) is 4.99 Å². The highest BCUT2D eigenvalue weighted by Gasteiger charge is 2.33. The molecule has 1 aliphatic heterocycles. The van der Waals surface area contributed by atoms with Gasteiger partial charge in [0.25, 0.3) is 11.2 Å². The second kappa shape index (κ2) is 10.3. The summed E-state index contributed by atoms with van der Waals surface area (Å²) in [5.41, 5.74) is 4.97. The normalized spacial score (nSPS) is 15.2. The number of nitrogens with zero attached hydrogens (tertiary/aromatic N) is 4. The van der Waals surface area contributed by atoms with E-state index in [2.05, 4.69) is 0 Å². The number of ether oxygens (including phenoxy) is 1. The van der Waals surface area contributed by atoms with Crippen molar-refractivity contribution in [1.29, 1.82) is 0 Å². The maximum absolute atomic E-state index is 13.9. The van der Waals surface area contributed by atoms with E-state index in [1.807, 2.05) is 67.8 Å². The average molecular weight is 543 g/mol. The molecule has 0 unspecified atom stereocenters. The highest BCUT2D eigenvalue weighted by Crippen LogP contribution is 2.31. The Morgan fingerprint density at radius 3 is 2.46 bits per heavy atom. The van der Waals surface area contributed by atoms with Gasteiger partial charge in [0.2, 0.25) is 0 Å². The van der Waals surface area contributed by atoms with Gasteiger partial charge in [0.15, 0.2) is 4.80 Å². The minimum absolute atomic E-state index is 0.0216. The second-order valence-electron chi connectivity index (χ2n) is 9.13. The second-order valence-corrected chi connectivity index (χ2v) is 10.1. The number of hydrogen-bond acceptors (Lipinski definition) is 7. The molecule has 3 heterocycles.